The highest BCUT2D eigenvalue weighted by Gasteiger charge is 2.11. The Kier molecular flexibility index (Phi) is 3.59. The Labute approximate surface area is 102 Å². The van der Waals surface area contributed by atoms with Crippen LogP contribution in [0.25, 0.3) is 0 Å². The van der Waals surface area contributed by atoms with Crippen LogP contribution in [0.15, 0.2) is 12.1 Å². The van der Waals surface area contributed by atoms with Crippen molar-refractivity contribution >= 4 is 62.0 Å². The Morgan fingerprint density at radius 2 is 2.00 bits per heavy atom. The number of aromatic hydroxyl groups is 1. The molecule has 1 rings (SSSR count). The van der Waals surface area contributed by atoms with Gasteiger partial charge >= 0.3 is 0 Å². The summed E-state index contributed by atoms with van der Waals surface area (Å²) >= 11 is 9.18. The highest BCUT2D eigenvalue weighted by Crippen LogP contribution is 2.27. The van der Waals surface area contributed by atoms with Gasteiger partial charge in [-0.05, 0) is 68.9 Å². The lowest BCUT2D eigenvalue weighted by molar-refractivity contribution is 0.108. The zero-order valence-electron chi connectivity index (χ0n) is 5.64. The van der Waals surface area contributed by atoms with Crippen molar-refractivity contribution in [2.45, 2.75) is 0 Å². The zero-order chi connectivity index (χ0) is 9.30. The minimum absolute atomic E-state index is 0.0894. The molecule has 0 aliphatic carbocycles. The van der Waals surface area contributed by atoms with Gasteiger partial charge in [0.25, 0.3) is 5.24 Å². The van der Waals surface area contributed by atoms with E-state index in [4.69, 9.17) is 11.6 Å². The van der Waals surface area contributed by atoms with Gasteiger partial charge in [0.15, 0.2) is 0 Å². The molecule has 0 heterocycles. The molecule has 0 aromatic heterocycles. The molecule has 0 unspecified atom stereocenters. The maximum atomic E-state index is 10.8. The van der Waals surface area contributed by atoms with E-state index in [-0.39, 0.29) is 5.75 Å². The molecule has 5 heteroatoms. The minimum atomic E-state index is -0.548. The molecule has 2 nitrogen and oxygen atoms in total. The smallest absolute Gasteiger partial charge is 0.253 e. The minimum Gasteiger partial charge on any atom is -0.507 e. The van der Waals surface area contributed by atoms with Crippen LogP contribution in [0, 0.1) is 7.14 Å². The molecule has 0 aliphatic rings. The molecule has 12 heavy (non-hydrogen) atoms. The molecule has 64 valence electrons. The number of hydrogen-bond donors (Lipinski definition) is 1. The third kappa shape index (κ3) is 2.23. The second-order valence-corrected chi connectivity index (χ2v) is 4.73. The molecular weight excluding hydrogens is 405 g/mol. The van der Waals surface area contributed by atoms with Gasteiger partial charge in [-0.25, -0.2) is 0 Å². The second-order valence-electron chi connectivity index (χ2n) is 2.06. The molecule has 0 amide bonds. The number of rotatable bonds is 1. The van der Waals surface area contributed by atoms with Crippen molar-refractivity contribution < 1.29 is 9.90 Å². The lowest BCUT2D eigenvalue weighted by Crippen LogP contribution is -1.94. The van der Waals surface area contributed by atoms with Crippen LogP contribution in [0.2, 0.25) is 0 Å². The summed E-state index contributed by atoms with van der Waals surface area (Å²) in [6, 6.07) is 3.21. The van der Waals surface area contributed by atoms with Gasteiger partial charge in [0.05, 0.1) is 9.13 Å². The summed E-state index contributed by atoms with van der Waals surface area (Å²) in [5.74, 6) is 0.0894. The highest BCUT2D eigenvalue weighted by atomic mass is 127. The van der Waals surface area contributed by atoms with E-state index < -0.39 is 5.24 Å². The Balaban J connectivity index is 3.37. The van der Waals surface area contributed by atoms with Crippen molar-refractivity contribution in [1.29, 1.82) is 0 Å². The van der Waals surface area contributed by atoms with E-state index in [9.17, 15) is 9.90 Å². The molecule has 1 N–H and O–H groups in total. The lowest BCUT2D eigenvalue weighted by atomic mass is 10.2. The normalized spacial score (nSPS) is 9.92. The summed E-state index contributed by atoms with van der Waals surface area (Å²) in [7, 11) is 0. The van der Waals surface area contributed by atoms with Gasteiger partial charge in [-0.15, -0.1) is 0 Å². The lowest BCUT2D eigenvalue weighted by Gasteiger charge is -2.02. The van der Waals surface area contributed by atoms with Crippen molar-refractivity contribution in [2.75, 3.05) is 0 Å². The Morgan fingerprint density at radius 3 is 2.50 bits per heavy atom. The van der Waals surface area contributed by atoms with Gasteiger partial charge in [-0.1, -0.05) is 0 Å². The van der Waals surface area contributed by atoms with Gasteiger partial charge in [0.1, 0.15) is 5.75 Å². The second kappa shape index (κ2) is 4.10. The number of hydrogen-bond acceptors (Lipinski definition) is 2. The molecule has 0 bridgehead atoms. The summed E-state index contributed by atoms with van der Waals surface area (Å²) in [6.45, 7) is 0. The number of benzene rings is 1. The number of carbonyl (C=O) groups excluding carboxylic acids is 1. The summed E-state index contributed by atoms with van der Waals surface area (Å²) < 4.78 is 1.28. The van der Waals surface area contributed by atoms with Gasteiger partial charge in [-0.2, -0.15) is 0 Å². The summed E-state index contributed by atoms with van der Waals surface area (Å²) in [5.41, 5.74) is 0.349. The van der Waals surface area contributed by atoms with E-state index in [1.807, 2.05) is 45.2 Å². The topological polar surface area (TPSA) is 37.3 Å². The first-order chi connectivity index (χ1) is 5.52. The van der Waals surface area contributed by atoms with Crippen LogP contribution in [0.3, 0.4) is 0 Å². The molecule has 0 fully saturated rings. The zero-order valence-corrected chi connectivity index (χ0v) is 10.7. The number of phenols is 1. The SMILES string of the molecule is O=C(Cl)c1cc(I)cc(O)c1I. The van der Waals surface area contributed by atoms with Crippen molar-refractivity contribution in [2.24, 2.45) is 0 Å². The monoisotopic (exact) mass is 408 g/mol. The first kappa shape index (κ1) is 10.5. The van der Waals surface area contributed by atoms with E-state index in [2.05, 4.69) is 0 Å². The van der Waals surface area contributed by atoms with Crippen LogP contribution < -0.4 is 0 Å². The average Bonchev–Trinajstić information content (AvgIpc) is 1.96. The van der Waals surface area contributed by atoms with E-state index in [0.29, 0.717) is 9.13 Å². The molecule has 0 saturated heterocycles. The van der Waals surface area contributed by atoms with Crippen LogP contribution in [-0.2, 0) is 0 Å². The first-order valence-corrected chi connectivity index (χ1v) is 5.43. The van der Waals surface area contributed by atoms with E-state index in [1.54, 1.807) is 12.1 Å². The fourth-order valence-electron chi connectivity index (χ4n) is 0.718. The van der Waals surface area contributed by atoms with Crippen LogP contribution in [0.4, 0.5) is 0 Å². The fraction of sp³-hybridized carbons (Fsp3) is 0. The first-order valence-electron chi connectivity index (χ1n) is 2.90. The summed E-state index contributed by atoms with van der Waals surface area (Å²) in [4.78, 5) is 10.8. The maximum Gasteiger partial charge on any atom is 0.253 e. The summed E-state index contributed by atoms with van der Waals surface area (Å²) in [5, 5.41) is 8.76. The van der Waals surface area contributed by atoms with E-state index in [0.717, 1.165) is 3.57 Å². The van der Waals surface area contributed by atoms with Gasteiger partial charge in [-0.3, -0.25) is 4.79 Å². The number of halogens is 3. The molecule has 0 aliphatic heterocycles. The van der Waals surface area contributed by atoms with Crippen LogP contribution in [0.1, 0.15) is 10.4 Å². The number of carbonyl (C=O) groups is 1. The fourth-order valence-corrected chi connectivity index (χ4v) is 2.19. The predicted molar refractivity (Wildman–Crippen MR) is 63.7 cm³/mol. The van der Waals surface area contributed by atoms with Crippen LogP contribution in [-0.4, -0.2) is 10.3 Å². The molecule has 0 saturated carbocycles. The molecule has 1 aromatic rings. The van der Waals surface area contributed by atoms with E-state index in [1.165, 1.54) is 0 Å². The van der Waals surface area contributed by atoms with Gasteiger partial charge in [0, 0.05) is 3.57 Å². The predicted octanol–water partition coefficient (Wildman–Crippen LogP) is 2.98. The van der Waals surface area contributed by atoms with Crippen molar-refractivity contribution in [1.82, 2.24) is 0 Å². The number of phenolic OH excluding ortho intramolecular Hbond substituents is 1. The third-order valence-corrected chi connectivity index (χ3v) is 3.19. The quantitative estimate of drug-likeness (QED) is 0.573. The largest absolute Gasteiger partial charge is 0.507 e. The Bertz CT molecular complexity index is 338. The van der Waals surface area contributed by atoms with Crippen LogP contribution >= 0.6 is 56.8 Å². The molecular formula is C7H3ClI2O2. The van der Waals surface area contributed by atoms with Crippen LogP contribution in [0.5, 0.6) is 5.75 Å². The molecule has 1 aromatic carbocycles. The van der Waals surface area contributed by atoms with Gasteiger partial charge < -0.3 is 5.11 Å². The van der Waals surface area contributed by atoms with E-state index >= 15 is 0 Å². The Hall–Kier alpha value is 0.440. The maximum absolute atomic E-state index is 10.8. The van der Waals surface area contributed by atoms with Crippen molar-refractivity contribution in [3.8, 4) is 5.75 Å². The van der Waals surface area contributed by atoms with Crippen molar-refractivity contribution in [3.63, 3.8) is 0 Å². The molecule has 0 spiro atoms. The summed E-state index contributed by atoms with van der Waals surface area (Å²) in [6.07, 6.45) is 0. The van der Waals surface area contributed by atoms with Crippen molar-refractivity contribution in [3.05, 3.63) is 24.8 Å². The molecule has 0 atom stereocenters. The molecule has 0 radical (unpaired) electrons. The Morgan fingerprint density at radius 1 is 1.42 bits per heavy atom. The third-order valence-electron chi connectivity index (χ3n) is 1.23. The highest BCUT2D eigenvalue weighted by molar-refractivity contribution is 14.1. The van der Waals surface area contributed by atoms with Gasteiger partial charge in [0.2, 0.25) is 0 Å². The average molecular weight is 408 g/mol. The standard InChI is InChI=1S/C7H3ClI2O2/c8-7(12)4-1-3(9)2-5(11)6(4)10/h1-2,11H.